The molecule has 20 heavy (non-hydrogen) atoms. The molecule has 2 aliphatic rings. The van der Waals surface area contributed by atoms with Crippen LogP contribution >= 0.6 is 15.9 Å². The fourth-order valence-corrected chi connectivity index (χ4v) is 3.21. The van der Waals surface area contributed by atoms with Crippen LogP contribution < -0.4 is 10.2 Å². The topological polar surface area (TPSA) is 39.1 Å². The van der Waals surface area contributed by atoms with Crippen molar-refractivity contribution in [2.45, 2.75) is 31.7 Å². The number of nitrogens with one attached hydrogen (secondary N) is 1. The van der Waals surface area contributed by atoms with Crippen molar-refractivity contribution in [2.75, 3.05) is 24.5 Å². The molecule has 0 atom stereocenters. The Morgan fingerprint density at radius 1 is 1.25 bits per heavy atom. The van der Waals surface area contributed by atoms with Crippen molar-refractivity contribution < 1.29 is 0 Å². The number of benzene rings is 1. The Balaban J connectivity index is 1.58. The van der Waals surface area contributed by atoms with Gasteiger partial charge in [0.2, 0.25) is 0 Å². The maximum absolute atomic E-state index is 9.27. The lowest BCUT2D eigenvalue weighted by Gasteiger charge is -2.34. The van der Waals surface area contributed by atoms with E-state index in [2.05, 4.69) is 38.3 Å². The number of anilines is 1. The first-order valence-electron chi connectivity index (χ1n) is 7.44. The minimum Gasteiger partial charge on any atom is -0.370 e. The van der Waals surface area contributed by atoms with E-state index in [-0.39, 0.29) is 0 Å². The van der Waals surface area contributed by atoms with Crippen LogP contribution in [0.2, 0.25) is 0 Å². The molecule has 2 fully saturated rings. The summed E-state index contributed by atoms with van der Waals surface area (Å²) < 4.78 is 0.971. The number of hydrogen-bond acceptors (Lipinski definition) is 3. The summed E-state index contributed by atoms with van der Waals surface area (Å²) in [6.07, 6.45) is 5.17. The van der Waals surface area contributed by atoms with E-state index in [1.807, 2.05) is 12.1 Å². The summed E-state index contributed by atoms with van der Waals surface area (Å²) in [5, 5.41) is 13.0. The summed E-state index contributed by atoms with van der Waals surface area (Å²) in [7, 11) is 0. The molecule has 4 heteroatoms. The Morgan fingerprint density at radius 3 is 2.65 bits per heavy atom. The first kappa shape index (κ1) is 13.9. The number of rotatable bonds is 4. The van der Waals surface area contributed by atoms with E-state index in [9.17, 15) is 5.26 Å². The van der Waals surface area contributed by atoms with Crippen molar-refractivity contribution in [3.8, 4) is 6.07 Å². The van der Waals surface area contributed by atoms with Gasteiger partial charge in [0.1, 0.15) is 6.07 Å². The molecule has 0 spiro atoms. The average Bonchev–Trinajstić information content (AvgIpc) is 3.30. The molecule has 106 valence electrons. The Bertz CT molecular complexity index is 511. The normalized spacial score (nSPS) is 19.9. The van der Waals surface area contributed by atoms with Gasteiger partial charge in [-0.25, -0.2) is 0 Å². The molecule has 0 radical (unpaired) electrons. The van der Waals surface area contributed by atoms with Gasteiger partial charge in [-0.3, -0.25) is 0 Å². The maximum Gasteiger partial charge on any atom is 0.101 e. The molecule has 1 N–H and O–H groups in total. The number of piperidine rings is 1. The molecule has 3 nitrogen and oxygen atoms in total. The highest BCUT2D eigenvalue weighted by Gasteiger charge is 2.25. The molecule has 0 bridgehead atoms. The lowest BCUT2D eigenvalue weighted by atomic mass is 10.0. The van der Waals surface area contributed by atoms with E-state index in [1.165, 1.54) is 32.2 Å². The third-order valence-corrected chi connectivity index (χ3v) is 4.80. The van der Waals surface area contributed by atoms with E-state index in [4.69, 9.17) is 0 Å². The SMILES string of the molecule is N#Cc1cc(Br)ccc1N1CCC(NCC2CC2)CC1. The van der Waals surface area contributed by atoms with Gasteiger partial charge in [0.05, 0.1) is 11.3 Å². The smallest absolute Gasteiger partial charge is 0.101 e. The number of halogens is 1. The molecular formula is C16H20BrN3. The molecular weight excluding hydrogens is 314 g/mol. The van der Waals surface area contributed by atoms with Crippen molar-refractivity contribution in [1.82, 2.24) is 5.32 Å². The summed E-state index contributed by atoms with van der Waals surface area (Å²) in [4.78, 5) is 2.35. The number of nitrogens with zero attached hydrogens (tertiary/aromatic N) is 2. The average molecular weight is 334 g/mol. The molecule has 0 unspecified atom stereocenters. The Kier molecular flexibility index (Phi) is 4.28. The van der Waals surface area contributed by atoms with Gasteiger partial charge in [0.15, 0.2) is 0 Å². The van der Waals surface area contributed by atoms with Gasteiger partial charge in [0.25, 0.3) is 0 Å². The molecule has 1 aliphatic heterocycles. The second-order valence-electron chi connectivity index (χ2n) is 5.89. The second-order valence-corrected chi connectivity index (χ2v) is 6.80. The molecule has 1 aliphatic carbocycles. The van der Waals surface area contributed by atoms with Crippen molar-refractivity contribution in [1.29, 1.82) is 5.26 Å². The maximum atomic E-state index is 9.27. The number of nitriles is 1. The minimum atomic E-state index is 0.660. The predicted octanol–water partition coefficient (Wildman–Crippen LogP) is 3.29. The van der Waals surface area contributed by atoms with E-state index in [0.29, 0.717) is 6.04 Å². The Hall–Kier alpha value is -1.05. The van der Waals surface area contributed by atoms with Crippen molar-refractivity contribution >= 4 is 21.6 Å². The van der Waals surface area contributed by atoms with E-state index in [1.54, 1.807) is 0 Å². The van der Waals surface area contributed by atoms with Gasteiger partial charge in [-0.05, 0) is 56.3 Å². The summed E-state index contributed by atoms with van der Waals surface area (Å²) in [5.74, 6) is 0.949. The highest BCUT2D eigenvalue weighted by atomic mass is 79.9. The Morgan fingerprint density at radius 2 is 2.00 bits per heavy atom. The van der Waals surface area contributed by atoms with E-state index < -0.39 is 0 Å². The van der Waals surface area contributed by atoms with Gasteiger partial charge in [-0.15, -0.1) is 0 Å². The van der Waals surface area contributed by atoms with Crippen LogP contribution in [-0.4, -0.2) is 25.7 Å². The van der Waals surface area contributed by atoms with Gasteiger partial charge in [0, 0.05) is 23.6 Å². The molecule has 1 saturated carbocycles. The van der Waals surface area contributed by atoms with Crippen LogP contribution in [0.25, 0.3) is 0 Å². The van der Waals surface area contributed by atoms with Crippen LogP contribution in [0.5, 0.6) is 0 Å². The highest BCUT2D eigenvalue weighted by Crippen LogP contribution is 2.29. The first-order chi connectivity index (χ1) is 9.76. The molecule has 1 aromatic rings. The Labute approximate surface area is 129 Å². The van der Waals surface area contributed by atoms with Crippen LogP contribution in [0.1, 0.15) is 31.2 Å². The zero-order valence-corrected chi connectivity index (χ0v) is 13.2. The predicted molar refractivity (Wildman–Crippen MR) is 84.8 cm³/mol. The number of hydrogen-bond donors (Lipinski definition) is 1. The lowest BCUT2D eigenvalue weighted by Crippen LogP contribution is -2.43. The highest BCUT2D eigenvalue weighted by molar-refractivity contribution is 9.10. The third kappa shape index (κ3) is 3.34. The quantitative estimate of drug-likeness (QED) is 0.918. The third-order valence-electron chi connectivity index (χ3n) is 4.31. The molecule has 1 saturated heterocycles. The fourth-order valence-electron chi connectivity index (χ4n) is 2.85. The fraction of sp³-hybridized carbons (Fsp3) is 0.562. The molecule has 0 aromatic heterocycles. The second kappa shape index (κ2) is 6.15. The van der Waals surface area contributed by atoms with Crippen LogP contribution in [0.3, 0.4) is 0 Å². The van der Waals surface area contributed by atoms with Crippen molar-refractivity contribution in [2.24, 2.45) is 5.92 Å². The van der Waals surface area contributed by atoms with Gasteiger partial charge in [-0.1, -0.05) is 15.9 Å². The van der Waals surface area contributed by atoms with E-state index >= 15 is 0 Å². The lowest BCUT2D eigenvalue weighted by molar-refractivity contribution is 0.409. The molecule has 1 heterocycles. The van der Waals surface area contributed by atoms with E-state index in [0.717, 1.165) is 34.7 Å². The van der Waals surface area contributed by atoms with Crippen molar-refractivity contribution in [3.63, 3.8) is 0 Å². The molecule has 0 amide bonds. The first-order valence-corrected chi connectivity index (χ1v) is 8.23. The minimum absolute atomic E-state index is 0.660. The standard InChI is InChI=1S/C16H20BrN3/c17-14-3-4-16(13(9-14)10-18)20-7-5-15(6-8-20)19-11-12-1-2-12/h3-4,9,12,15,19H,1-2,5-8,11H2. The van der Waals surface area contributed by atoms with Gasteiger partial charge in [-0.2, -0.15) is 5.26 Å². The zero-order chi connectivity index (χ0) is 13.9. The van der Waals surface area contributed by atoms with Gasteiger partial charge >= 0.3 is 0 Å². The summed E-state index contributed by atoms with van der Waals surface area (Å²) in [5.41, 5.74) is 1.85. The molecule has 3 rings (SSSR count). The summed E-state index contributed by atoms with van der Waals surface area (Å²) in [6.45, 7) is 3.28. The van der Waals surface area contributed by atoms with Crippen LogP contribution in [-0.2, 0) is 0 Å². The van der Waals surface area contributed by atoms with Crippen molar-refractivity contribution in [3.05, 3.63) is 28.2 Å². The zero-order valence-electron chi connectivity index (χ0n) is 11.6. The monoisotopic (exact) mass is 333 g/mol. The largest absolute Gasteiger partial charge is 0.370 e. The van der Waals surface area contributed by atoms with Crippen LogP contribution in [0.4, 0.5) is 5.69 Å². The van der Waals surface area contributed by atoms with Gasteiger partial charge < -0.3 is 10.2 Å². The molecule has 1 aromatic carbocycles. The summed E-state index contributed by atoms with van der Waals surface area (Å²) >= 11 is 3.43. The van der Waals surface area contributed by atoms with Crippen LogP contribution in [0.15, 0.2) is 22.7 Å². The summed E-state index contributed by atoms with van der Waals surface area (Å²) in [6, 6.07) is 8.95. The van der Waals surface area contributed by atoms with Crippen LogP contribution in [0, 0.1) is 17.2 Å².